The Labute approximate surface area is 169 Å². The summed E-state index contributed by atoms with van der Waals surface area (Å²) >= 11 is 3.42. The van der Waals surface area contributed by atoms with Gasteiger partial charge in [0.2, 0.25) is 0 Å². The Morgan fingerprint density at radius 1 is 1.27 bits per heavy atom. The number of likely N-dealkylation sites (N-methyl/N-ethyl adjacent to an activating group) is 1. The predicted molar refractivity (Wildman–Crippen MR) is 114 cm³/mol. The third-order valence-electron chi connectivity index (χ3n) is 3.77. The lowest BCUT2D eigenvalue weighted by Crippen LogP contribution is -2.28. The lowest BCUT2D eigenvalue weighted by Gasteiger charge is -2.12. The van der Waals surface area contributed by atoms with E-state index in [2.05, 4.69) is 27.6 Å². The maximum Gasteiger partial charge on any atom is 0.266 e. The molecule has 1 N–H and O–H groups in total. The lowest BCUT2D eigenvalue weighted by molar-refractivity contribution is -0.122. The summed E-state index contributed by atoms with van der Waals surface area (Å²) in [6.07, 6.45) is 1.83. The summed E-state index contributed by atoms with van der Waals surface area (Å²) in [6.45, 7) is 2.47. The molecule has 1 fully saturated rings. The van der Waals surface area contributed by atoms with Crippen molar-refractivity contribution < 1.29 is 14.6 Å². The summed E-state index contributed by atoms with van der Waals surface area (Å²) in [5.74, 6) is 0.932. The highest BCUT2D eigenvalue weighted by Crippen LogP contribution is 2.34. The van der Waals surface area contributed by atoms with Crippen molar-refractivity contribution in [1.82, 2.24) is 4.90 Å². The molecule has 134 valence electrons. The van der Waals surface area contributed by atoms with Crippen molar-refractivity contribution >= 4 is 57.2 Å². The Bertz CT molecular complexity index is 894. The first kappa shape index (κ1) is 18.8. The number of hydrogen-bond acceptors (Lipinski definition) is 5. The number of rotatable bonds is 4. The van der Waals surface area contributed by atoms with Crippen molar-refractivity contribution in [1.29, 1.82) is 0 Å². The highest BCUT2D eigenvalue weighted by Gasteiger charge is 2.32. The standard InChI is InChI=1S/C19H17IN2O3S/c1-3-22-18(24)17(11-12-4-9-16(23)15(20)10-12)26-19(22)21-13-5-7-14(25-2)8-6-13/h4-11,23H,3H2,1-2H3/b17-11+,21-19?. The fraction of sp³-hybridized carbons (Fsp3) is 0.158. The lowest BCUT2D eigenvalue weighted by atomic mass is 10.2. The summed E-state index contributed by atoms with van der Waals surface area (Å²) in [4.78, 5) is 19.6. The van der Waals surface area contributed by atoms with Crippen LogP contribution in [0.25, 0.3) is 6.08 Å². The number of carbonyl (C=O) groups is 1. The van der Waals surface area contributed by atoms with Crippen LogP contribution in [0, 0.1) is 3.57 Å². The number of phenolic OH excluding ortho intramolecular Hbond substituents is 1. The van der Waals surface area contributed by atoms with Gasteiger partial charge in [0.25, 0.3) is 5.91 Å². The average Bonchev–Trinajstić information content (AvgIpc) is 2.93. The van der Waals surface area contributed by atoms with Crippen LogP contribution in [0.3, 0.4) is 0 Å². The average molecular weight is 480 g/mol. The molecule has 0 aromatic heterocycles. The maximum atomic E-state index is 12.7. The van der Waals surface area contributed by atoms with E-state index >= 15 is 0 Å². The van der Waals surface area contributed by atoms with Gasteiger partial charge in [-0.15, -0.1) is 0 Å². The van der Waals surface area contributed by atoms with Gasteiger partial charge in [0.05, 0.1) is 21.3 Å². The summed E-state index contributed by atoms with van der Waals surface area (Å²) in [5.41, 5.74) is 1.63. The number of nitrogens with zero attached hydrogens (tertiary/aromatic N) is 2. The first-order valence-electron chi connectivity index (χ1n) is 7.94. The topological polar surface area (TPSA) is 62.1 Å². The van der Waals surface area contributed by atoms with Gasteiger partial charge in [-0.05, 0) is 89.3 Å². The zero-order chi connectivity index (χ0) is 18.7. The second-order valence-electron chi connectivity index (χ2n) is 5.46. The molecular formula is C19H17IN2O3S. The fourth-order valence-electron chi connectivity index (χ4n) is 2.40. The second kappa shape index (κ2) is 8.13. The number of hydrogen-bond donors (Lipinski definition) is 1. The molecule has 2 aromatic rings. The zero-order valence-corrected chi connectivity index (χ0v) is 17.2. The number of phenols is 1. The van der Waals surface area contributed by atoms with Crippen LogP contribution in [0.2, 0.25) is 0 Å². The third kappa shape index (κ3) is 4.04. The first-order valence-corrected chi connectivity index (χ1v) is 9.84. The molecule has 26 heavy (non-hydrogen) atoms. The van der Waals surface area contributed by atoms with Gasteiger partial charge in [-0.2, -0.15) is 0 Å². The molecule has 5 nitrogen and oxygen atoms in total. The van der Waals surface area contributed by atoms with E-state index in [-0.39, 0.29) is 11.7 Å². The van der Waals surface area contributed by atoms with E-state index in [1.54, 1.807) is 24.1 Å². The molecule has 7 heteroatoms. The number of carbonyl (C=O) groups excluding carboxylic acids is 1. The van der Waals surface area contributed by atoms with E-state index in [9.17, 15) is 9.90 Å². The minimum Gasteiger partial charge on any atom is -0.507 e. The number of thioether (sulfide) groups is 1. The van der Waals surface area contributed by atoms with Crippen LogP contribution in [-0.2, 0) is 4.79 Å². The van der Waals surface area contributed by atoms with Crippen LogP contribution in [0.4, 0.5) is 5.69 Å². The number of amidine groups is 1. The molecule has 0 radical (unpaired) electrons. The van der Waals surface area contributed by atoms with Crippen LogP contribution in [0.15, 0.2) is 52.4 Å². The molecule has 1 heterocycles. The normalized spacial score (nSPS) is 17.3. The molecule has 3 rings (SSSR count). The minimum absolute atomic E-state index is 0.0622. The fourth-order valence-corrected chi connectivity index (χ4v) is 4.00. The second-order valence-corrected chi connectivity index (χ2v) is 7.63. The number of methoxy groups -OCH3 is 1. The smallest absolute Gasteiger partial charge is 0.266 e. The van der Waals surface area contributed by atoms with Crippen LogP contribution in [-0.4, -0.2) is 34.7 Å². The zero-order valence-electron chi connectivity index (χ0n) is 14.3. The van der Waals surface area contributed by atoms with Gasteiger partial charge in [0.15, 0.2) is 5.17 Å². The number of amides is 1. The molecule has 1 aliphatic heterocycles. The monoisotopic (exact) mass is 480 g/mol. The molecule has 1 aliphatic rings. The van der Waals surface area contributed by atoms with Crippen molar-refractivity contribution in [2.45, 2.75) is 6.92 Å². The van der Waals surface area contributed by atoms with Gasteiger partial charge in [-0.25, -0.2) is 4.99 Å². The molecule has 0 unspecified atom stereocenters. The molecule has 1 amide bonds. The molecular weight excluding hydrogens is 463 g/mol. The van der Waals surface area contributed by atoms with Gasteiger partial charge in [0.1, 0.15) is 11.5 Å². The quantitative estimate of drug-likeness (QED) is 0.512. The molecule has 0 atom stereocenters. The number of ether oxygens (including phenoxy) is 1. The minimum atomic E-state index is -0.0622. The Morgan fingerprint density at radius 2 is 2.00 bits per heavy atom. The Hall–Kier alpha value is -2.00. The van der Waals surface area contributed by atoms with Gasteiger partial charge >= 0.3 is 0 Å². The van der Waals surface area contributed by atoms with Gasteiger partial charge in [-0.1, -0.05) is 6.07 Å². The number of halogens is 1. The number of benzene rings is 2. The van der Waals surface area contributed by atoms with Crippen molar-refractivity contribution in [3.05, 3.63) is 56.5 Å². The Balaban J connectivity index is 1.90. The third-order valence-corrected chi connectivity index (χ3v) is 5.64. The van der Waals surface area contributed by atoms with Crippen LogP contribution in [0.5, 0.6) is 11.5 Å². The molecule has 0 spiro atoms. The van der Waals surface area contributed by atoms with Crippen LogP contribution in [0.1, 0.15) is 12.5 Å². The molecule has 0 aliphatic carbocycles. The Kier molecular flexibility index (Phi) is 5.87. The van der Waals surface area contributed by atoms with E-state index in [0.29, 0.717) is 16.6 Å². The summed E-state index contributed by atoms with van der Waals surface area (Å²) < 4.78 is 5.90. The van der Waals surface area contributed by atoms with E-state index in [0.717, 1.165) is 20.6 Å². The van der Waals surface area contributed by atoms with Crippen molar-refractivity contribution in [2.75, 3.05) is 13.7 Å². The van der Waals surface area contributed by atoms with Crippen LogP contribution >= 0.6 is 34.4 Å². The number of aliphatic imine (C=N–C) groups is 1. The Morgan fingerprint density at radius 3 is 2.62 bits per heavy atom. The van der Waals surface area contributed by atoms with E-state index < -0.39 is 0 Å². The van der Waals surface area contributed by atoms with Crippen molar-refractivity contribution in [2.24, 2.45) is 4.99 Å². The molecule has 0 bridgehead atoms. The number of aromatic hydroxyl groups is 1. The largest absolute Gasteiger partial charge is 0.507 e. The van der Waals surface area contributed by atoms with Gasteiger partial charge in [0, 0.05) is 6.54 Å². The van der Waals surface area contributed by atoms with Gasteiger partial charge in [-0.3, -0.25) is 9.69 Å². The SMILES string of the molecule is CCN1C(=O)/C(=C\c2ccc(O)c(I)c2)SC1=Nc1ccc(OC)cc1. The maximum absolute atomic E-state index is 12.7. The summed E-state index contributed by atoms with van der Waals surface area (Å²) in [5, 5.41) is 10.3. The molecule has 2 aromatic carbocycles. The van der Waals surface area contributed by atoms with Gasteiger partial charge < -0.3 is 9.84 Å². The van der Waals surface area contributed by atoms with E-state index in [1.165, 1.54) is 11.8 Å². The van der Waals surface area contributed by atoms with Crippen molar-refractivity contribution in [3.63, 3.8) is 0 Å². The summed E-state index contributed by atoms with van der Waals surface area (Å²) in [6, 6.07) is 12.6. The highest BCUT2D eigenvalue weighted by atomic mass is 127. The first-order chi connectivity index (χ1) is 12.5. The molecule has 0 saturated carbocycles. The van der Waals surface area contributed by atoms with Crippen LogP contribution < -0.4 is 4.74 Å². The van der Waals surface area contributed by atoms with E-state index in [4.69, 9.17) is 4.74 Å². The van der Waals surface area contributed by atoms with Crippen molar-refractivity contribution in [3.8, 4) is 11.5 Å². The highest BCUT2D eigenvalue weighted by molar-refractivity contribution is 14.1. The predicted octanol–water partition coefficient (Wildman–Crippen LogP) is 4.63. The molecule has 1 saturated heterocycles. The van der Waals surface area contributed by atoms with E-state index in [1.807, 2.05) is 43.3 Å². The summed E-state index contributed by atoms with van der Waals surface area (Å²) in [7, 11) is 1.62.